The zero-order valence-electron chi connectivity index (χ0n) is 11.5. The lowest BCUT2D eigenvalue weighted by Gasteiger charge is -2.22. The molecule has 0 bridgehead atoms. The number of rotatable bonds is 4. The summed E-state index contributed by atoms with van der Waals surface area (Å²) in [5.74, 6) is 0.0479. The standard InChI is InChI=1S/C14H19N3OS/c1-14(2,15)8-13(18)17(3)9-12-16-10-6-4-5-7-11(10)19-12/h4-7H,8-9,15H2,1-3H3. The Balaban J connectivity index is 2.06. The second kappa shape index (κ2) is 5.27. The van der Waals surface area contributed by atoms with Gasteiger partial charge >= 0.3 is 0 Å². The Hall–Kier alpha value is -1.46. The molecule has 0 saturated carbocycles. The number of benzene rings is 1. The van der Waals surface area contributed by atoms with Gasteiger partial charge in [0.05, 0.1) is 16.8 Å². The molecule has 19 heavy (non-hydrogen) atoms. The molecule has 2 N–H and O–H groups in total. The number of carbonyl (C=O) groups is 1. The van der Waals surface area contributed by atoms with Crippen molar-refractivity contribution in [2.45, 2.75) is 32.4 Å². The van der Waals surface area contributed by atoms with E-state index >= 15 is 0 Å². The van der Waals surface area contributed by atoms with Crippen LogP contribution in [0.2, 0.25) is 0 Å². The van der Waals surface area contributed by atoms with Crippen molar-refractivity contribution in [2.24, 2.45) is 5.73 Å². The first-order chi connectivity index (χ1) is 8.85. The average molecular weight is 277 g/mol. The van der Waals surface area contributed by atoms with Gasteiger partial charge in [-0.2, -0.15) is 0 Å². The third kappa shape index (κ3) is 3.75. The van der Waals surface area contributed by atoms with Crippen LogP contribution in [0.15, 0.2) is 24.3 Å². The molecule has 5 heteroatoms. The molecule has 1 aromatic carbocycles. The summed E-state index contributed by atoms with van der Waals surface area (Å²) in [5.41, 5.74) is 6.38. The smallest absolute Gasteiger partial charge is 0.224 e. The van der Waals surface area contributed by atoms with E-state index in [0.717, 1.165) is 15.2 Å². The molecule has 0 radical (unpaired) electrons. The first kappa shape index (κ1) is 14.0. The Morgan fingerprint density at radius 3 is 2.74 bits per heavy atom. The number of thiazole rings is 1. The fraction of sp³-hybridized carbons (Fsp3) is 0.429. The molecular weight excluding hydrogens is 258 g/mol. The molecule has 2 aromatic rings. The van der Waals surface area contributed by atoms with Crippen LogP contribution in [-0.4, -0.2) is 28.4 Å². The van der Waals surface area contributed by atoms with Crippen LogP contribution in [-0.2, 0) is 11.3 Å². The Morgan fingerprint density at radius 1 is 1.42 bits per heavy atom. The van der Waals surface area contributed by atoms with Crippen LogP contribution in [0.5, 0.6) is 0 Å². The van der Waals surface area contributed by atoms with Crippen LogP contribution in [0.25, 0.3) is 10.2 Å². The van der Waals surface area contributed by atoms with Crippen molar-refractivity contribution in [2.75, 3.05) is 7.05 Å². The lowest BCUT2D eigenvalue weighted by Crippen LogP contribution is -2.39. The van der Waals surface area contributed by atoms with Crippen LogP contribution in [0.1, 0.15) is 25.3 Å². The van der Waals surface area contributed by atoms with E-state index in [1.165, 1.54) is 0 Å². The van der Waals surface area contributed by atoms with Crippen molar-refractivity contribution in [3.05, 3.63) is 29.3 Å². The molecule has 2 rings (SSSR count). The van der Waals surface area contributed by atoms with Crippen molar-refractivity contribution in [3.63, 3.8) is 0 Å². The van der Waals surface area contributed by atoms with Gasteiger partial charge in [0.2, 0.25) is 5.91 Å². The minimum Gasteiger partial charge on any atom is -0.339 e. The van der Waals surface area contributed by atoms with Crippen molar-refractivity contribution in [3.8, 4) is 0 Å². The zero-order chi connectivity index (χ0) is 14.0. The predicted molar refractivity (Wildman–Crippen MR) is 79.0 cm³/mol. The minimum absolute atomic E-state index is 0.0479. The molecule has 102 valence electrons. The third-order valence-corrected chi connectivity index (χ3v) is 3.76. The van der Waals surface area contributed by atoms with Gasteiger partial charge in [-0.3, -0.25) is 4.79 Å². The summed E-state index contributed by atoms with van der Waals surface area (Å²) in [5, 5.41) is 0.951. The Morgan fingerprint density at radius 2 is 2.11 bits per heavy atom. The van der Waals surface area contributed by atoms with Gasteiger partial charge in [-0.1, -0.05) is 12.1 Å². The quantitative estimate of drug-likeness (QED) is 0.933. The van der Waals surface area contributed by atoms with Crippen molar-refractivity contribution in [1.82, 2.24) is 9.88 Å². The van der Waals surface area contributed by atoms with Gasteiger partial charge in [-0.05, 0) is 26.0 Å². The number of fused-ring (bicyclic) bond motifs is 1. The average Bonchev–Trinajstić information content (AvgIpc) is 2.68. The molecule has 1 aromatic heterocycles. The number of hydrogen-bond donors (Lipinski definition) is 1. The number of nitrogens with zero attached hydrogens (tertiary/aromatic N) is 2. The molecule has 0 aliphatic carbocycles. The van der Waals surface area contributed by atoms with E-state index < -0.39 is 5.54 Å². The normalized spacial score (nSPS) is 11.8. The minimum atomic E-state index is -0.473. The maximum atomic E-state index is 12.0. The van der Waals surface area contributed by atoms with Gasteiger partial charge in [0.15, 0.2) is 0 Å². The van der Waals surface area contributed by atoms with Crippen molar-refractivity contribution in [1.29, 1.82) is 0 Å². The number of carbonyl (C=O) groups excluding carboxylic acids is 1. The lowest BCUT2D eigenvalue weighted by atomic mass is 10.0. The third-order valence-electron chi connectivity index (χ3n) is 2.74. The van der Waals surface area contributed by atoms with Crippen LogP contribution in [0.4, 0.5) is 0 Å². The SMILES string of the molecule is CN(Cc1nc2ccccc2s1)C(=O)CC(C)(C)N. The molecule has 4 nitrogen and oxygen atoms in total. The van der Waals surface area contributed by atoms with Gasteiger partial charge in [-0.25, -0.2) is 4.98 Å². The maximum Gasteiger partial charge on any atom is 0.224 e. The van der Waals surface area contributed by atoms with Gasteiger partial charge < -0.3 is 10.6 Å². The summed E-state index contributed by atoms with van der Waals surface area (Å²) < 4.78 is 1.15. The second-order valence-electron chi connectivity index (χ2n) is 5.49. The topological polar surface area (TPSA) is 59.2 Å². The summed E-state index contributed by atoms with van der Waals surface area (Å²) in [6, 6.07) is 8.00. The summed E-state index contributed by atoms with van der Waals surface area (Å²) in [4.78, 5) is 18.2. The van der Waals surface area contributed by atoms with Crippen LogP contribution in [0, 0.1) is 0 Å². The van der Waals surface area contributed by atoms with Gasteiger partial charge in [-0.15, -0.1) is 11.3 Å². The van der Waals surface area contributed by atoms with E-state index in [1.807, 2.05) is 38.1 Å². The number of aromatic nitrogens is 1. The van der Waals surface area contributed by atoms with Crippen LogP contribution < -0.4 is 5.73 Å². The van der Waals surface area contributed by atoms with Crippen LogP contribution in [0.3, 0.4) is 0 Å². The highest BCUT2D eigenvalue weighted by molar-refractivity contribution is 7.18. The van der Waals surface area contributed by atoms with Crippen molar-refractivity contribution >= 4 is 27.5 Å². The molecule has 1 heterocycles. The zero-order valence-corrected chi connectivity index (χ0v) is 12.3. The molecule has 1 amide bonds. The molecule has 0 saturated heterocycles. The molecule has 0 fully saturated rings. The summed E-state index contributed by atoms with van der Waals surface area (Å²) in [7, 11) is 1.79. The highest BCUT2D eigenvalue weighted by atomic mass is 32.1. The number of amides is 1. The fourth-order valence-electron chi connectivity index (χ4n) is 1.80. The van der Waals surface area contributed by atoms with Crippen LogP contribution >= 0.6 is 11.3 Å². The van der Waals surface area contributed by atoms with E-state index in [-0.39, 0.29) is 5.91 Å². The molecule has 0 aliphatic rings. The summed E-state index contributed by atoms with van der Waals surface area (Å²) in [6.45, 7) is 4.25. The predicted octanol–water partition coefficient (Wildman–Crippen LogP) is 2.38. The maximum absolute atomic E-state index is 12.0. The number of hydrogen-bond acceptors (Lipinski definition) is 4. The van der Waals surface area contributed by atoms with E-state index in [2.05, 4.69) is 4.98 Å². The molecule has 0 aliphatic heterocycles. The summed E-state index contributed by atoms with van der Waals surface area (Å²) in [6.07, 6.45) is 0.342. The molecule has 0 spiro atoms. The number of nitrogens with two attached hydrogens (primary N) is 1. The highest BCUT2D eigenvalue weighted by Crippen LogP contribution is 2.22. The Kier molecular flexibility index (Phi) is 3.87. The monoisotopic (exact) mass is 277 g/mol. The Bertz CT molecular complexity index is 553. The fourth-order valence-corrected chi connectivity index (χ4v) is 2.82. The molecule has 0 unspecified atom stereocenters. The van der Waals surface area contributed by atoms with E-state index in [1.54, 1.807) is 23.3 Å². The first-order valence-electron chi connectivity index (χ1n) is 6.22. The first-order valence-corrected chi connectivity index (χ1v) is 7.04. The van der Waals surface area contributed by atoms with E-state index in [0.29, 0.717) is 13.0 Å². The Labute approximate surface area is 117 Å². The largest absolute Gasteiger partial charge is 0.339 e. The van der Waals surface area contributed by atoms with Gasteiger partial charge in [0.1, 0.15) is 5.01 Å². The molecule has 0 atom stereocenters. The van der Waals surface area contributed by atoms with E-state index in [9.17, 15) is 4.79 Å². The van der Waals surface area contributed by atoms with Gasteiger partial charge in [0.25, 0.3) is 0 Å². The summed E-state index contributed by atoms with van der Waals surface area (Å²) >= 11 is 1.62. The van der Waals surface area contributed by atoms with Crippen molar-refractivity contribution < 1.29 is 4.79 Å². The van der Waals surface area contributed by atoms with Gasteiger partial charge in [0, 0.05) is 19.0 Å². The second-order valence-corrected chi connectivity index (χ2v) is 6.61. The van der Waals surface area contributed by atoms with E-state index in [4.69, 9.17) is 5.73 Å². The molecular formula is C14H19N3OS. The number of para-hydroxylation sites is 1. The lowest BCUT2D eigenvalue weighted by molar-refractivity contribution is -0.131. The highest BCUT2D eigenvalue weighted by Gasteiger charge is 2.20.